The predicted octanol–water partition coefficient (Wildman–Crippen LogP) is -39.1. The third-order valence-corrected chi connectivity index (χ3v) is 37.7. The molecule has 0 aromatic heterocycles. The van der Waals surface area contributed by atoms with E-state index in [2.05, 4.69) is 0 Å². The minimum atomic E-state index is -5.01. The van der Waals surface area contributed by atoms with Crippen molar-refractivity contribution < 1.29 is 498 Å². The molecule has 0 radical (unpaired) electrons. The molecule has 30 rings (SSSR count). The normalized spacial score (nSPS) is 38.7. The number of hydrogen-bond acceptors (Lipinski definition) is 64. The predicted molar refractivity (Wildman–Crippen MR) is 459 cm³/mol. The third kappa shape index (κ3) is 48.3. The average Bonchev–Trinajstić information content (AvgIpc) is 0.763. The van der Waals surface area contributed by atoms with Gasteiger partial charge in [0.1, 0.15) is 146 Å². The van der Waals surface area contributed by atoms with E-state index in [9.17, 15) is 185 Å². The Hall–Kier alpha value is 8.80. The molecule has 80 heteroatoms. The topological polar surface area (TPSA) is 929 Å². The van der Waals surface area contributed by atoms with Gasteiger partial charge < -0.3 is 194 Å². The summed E-state index contributed by atoms with van der Waals surface area (Å²) in [5, 5.41) is 195. The molecule has 30 fully saturated rings. The Balaban J connectivity index is 0.0000130. The van der Waals surface area contributed by atoms with Crippen molar-refractivity contribution in [3.8, 4) is 0 Å². The van der Waals surface area contributed by atoms with Gasteiger partial charge in [-0.15, -0.1) is 0 Å². The Labute approximate surface area is 1040 Å². The number of aliphatic hydroxyl groups is 16. The molecule has 0 aromatic carbocycles. The molecular weight excluding hydrogens is 2360 g/mol. The SMILES string of the molecule is O=S(=O)([O-])CCSCC1O[C@@H]2O[C@@H]3C(CSCCS(=O)(=O)[O-])O[C@H](O[C@@H]4C(CSCCS(=O)(=O)[O-])O[C@H](O[C@@H]5C(CSCCS(=O)(=O)[O-])O[C@H](O[C@@H]6C(CSCCS(=O)(=O)[O-])O[C@H](O[C@@H]7C(CSCCS(=O)(=O)[O-])O[C@H](O[C@@H]8C(CSCCS(=O)(=O)[O-])O[C@H](O[C@@H]9C(CSCCS(=O)(=O)[O-])O[C@H](O[C@H]1C(O)C2O)C(O)C9O)C(O)C8O)C(O)C7O)C(O)C6O)C(O)C5O)C(O)C4O)C(O)C3O.[Na+].[Na+].[Na+].[Na+].[Na+].[Na+].[Na+].[Na+]. The summed E-state index contributed by atoms with van der Waals surface area (Å²) < 4.78 is 383. The van der Waals surface area contributed by atoms with Gasteiger partial charge in [-0.05, 0) is 0 Å². The van der Waals surface area contributed by atoms with Gasteiger partial charge >= 0.3 is 236 Å². The fourth-order valence-corrected chi connectivity index (χ4v) is 30.3. The molecule has 30 saturated heterocycles. The van der Waals surface area contributed by atoms with Crippen LogP contribution in [0.5, 0.6) is 0 Å². The van der Waals surface area contributed by atoms with Gasteiger partial charge in [0.25, 0.3) is 0 Å². The fraction of sp³-hybridized carbons (Fsp3) is 1.00. The van der Waals surface area contributed by atoms with Gasteiger partial charge in [0, 0.05) is 138 Å². The van der Waals surface area contributed by atoms with Crippen LogP contribution in [0, 0.1) is 0 Å². The van der Waals surface area contributed by atoms with E-state index in [4.69, 9.17) is 75.8 Å². The van der Waals surface area contributed by atoms with Gasteiger partial charge in [0.2, 0.25) is 0 Å². The van der Waals surface area contributed by atoms with Crippen molar-refractivity contribution in [2.45, 2.75) is 246 Å². The standard InChI is InChI=1S/C64H112O56S16.8Na/c65-33-41(73)57-105-25(17-121-1-9-129(81,82)83)49(33)113-58-42(74)34(66)51(27(106-58)19-123-3-11-131(87,88)89)115-60-44(76)36(68)53(29(108-60)21-125-5-13-133(93,94)95)117-62-46(78)38(70)55(31(110-62)23-127-7-15-135(99,100)101)119-64-48(80)40(72)56(32(112-64)24-128-8-16-136(102,103)104)120-63-47(79)39(71)54(30(111-63)22-126-6-14-134(96,97)98)118-61-45(77)37(69)52(28(109-61)20-124-4-12-132(90,91)92)116-59-43(75)35(67)50(114-57)26(107-59)18-122-2-10-130(84,85)86;;;;;;;;/h25-80H,1-24H2,(H,81,82,83)(H,84,85,86)(H,87,88,89)(H,90,91,92)(H,93,94,95)(H,96,97,98)(H,99,100,101)(H,102,103,104);;;;;;;;/q;8*+1/p-8/t25?,26?,27?,28?,29?,30?,31?,32?,33?,34?,35?,36?,37?,38?,39?,40?,41?,42?,43?,44?,45?,46?,47?,48?,49-,50-,51-,52-,53-,54-,55-,56-,57-,58-,59-,60-,61-,62-,63-,64-;;;;;;;;/m1......../s1. The van der Waals surface area contributed by atoms with Crippen LogP contribution in [0.4, 0.5) is 0 Å². The van der Waals surface area contributed by atoms with Gasteiger partial charge in [0.15, 0.2) is 50.3 Å². The van der Waals surface area contributed by atoms with Crippen molar-refractivity contribution >= 4 is 175 Å². The van der Waals surface area contributed by atoms with Crippen LogP contribution in [-0.2, 0) is 157 Å². The van der Waals surface area contributed by atoms with Crippen LogP contribution in [-0.4, -0.2) is 569 Å². The van der Waals surface area contributed by atoms with Crippen molar-refractivity contribution in [3.05, 3.63) is 0 Å². The summed E-state index contributed by atoms with van der Waals surface area (Å²) in [7, 11) is -40.1. The first-order valence-electron chi connectivity index (χ1n) is 40.5. The minimum Gasteiger partial charge on any atom is -0.748 e. The zero-order valence-electron chi connectivity index (χ0n) is 78.1. The average molecular weight is 2470 g/mol. The first-order chi connectivity index (χ1) is 63.1. The molecular formula is C64H104Na8O56S16. The van der Waals surface area contributed by atoms with Gasteiger partial charge in [-0.25, -0.2) is 67.3 Å². The minimum absolute atomic E-state index is 0. The van der Waals surface area contributed by atoms with Crippen LogP contribution in [0.2, 0.25) is 0 Å². The second-order valence-corrected chi connectivity index (χ2v) is 53.1. The van der Waals surface area contributed by atoms with Crippen molar-refractivity contribution in [2.75, 3.05) is 138 Å². The maximum absolute atomic E-state index is 12.2. The summed E-state index contributed by atoms with van der Waals surface area (Å²) in [6, 6.07) is 0. The van der Waals surface area contributed by atoms with Crippen molar-refractivity contribution in [2.24, 2.45) is 0 Å². The monoisotopic (exact) mass is 2460 g/mol. The van der Waals surface area contributed by atoms with E-state index < -0.39 is 465 Å². The van der Waals surface area contributed by atoms with Crippen LogP contribution < -0.4 is 236 Å². The third-order valence-electron chi connectivity index (χ3n) is 21.5. The molecule has 24 unspecified atom stereocenters. The van der Waals surface area contributed by atoms with E-state index in [-0.39, 0.29) is 236 Å². The van der Waals surface area contributed by atoms with Crippen molar-refractivity contribution in [3.63, 3.8) is 0 Å². The summed E-state index contributed by atoms with van der Waals surface area (Å²) in [4.78, 5) is 0. The zero-order valence-corrected chi connectivity index (χ0v) is 107. The molecule has 40 atom stereocenters. The summed E-state index contributed by atoms with van der Waals surface area (Å²) in [6.07, 6.45) is -91.7. The van der Waals surface area contributed by atoms with Gasteiger partial charge in [-0.1, -0.05) is 0 Å². The number of ether oxygens (including phenoxy) is 16. The Bertz CT molecular complexity index is 3870. The zero-order chi connectivity index (χ0) is 101. The molecule has 0 aromatic rings. The van der Waals surface area contributed by atoms with E-state index >= 15 is 0 Å². The van der Waals surface area contributed by atoms with Gasteiger partial charge in [0.05, 0.1) is 130 Å². The molecule has 30 heterocycles. The first kappa shape index (κ1) is 151. The molecule has 0 saturated carbocycles. The molecule has 16 bridgehead atoms. The molecule has 800 valence electrons. The summed E-state index contributed by atoms with van der Waals surface area (Å²) >= 11 is 4.57. The molecule has 16 N–H and O–H groups in total. The summed E-state index contributed by atoms with van der Waals surface area (Å²) in [5.41, 5.74) is 0. The second kappa shape index (κ2) is 68.3. The maximum atomic E-state index is 12.2. The smallest absolute Gasteiger partial charge is 0.748 e. The van der Waals surface area contributed by atoms with Crippen molar-refractivity contribution in [1.82, 2.24) is 0 Å². The largest absolute Gasteiger partial charge is 1.00 e. The van der Waals surface area contributed by atoms with E-state index in [0.29, 0.717) is 94.1 Å². The summed E-state index contributed by atoms with van der Waals surface area (Å²) in [5.74, 6) is -18.7. The van der Waals surface area contributed by atoms with Crippen molar-refractivity contribution in [1.29, 1.82) is 0 Å². The quantitative estimate of drug-likeness (QED) is 0.0154. The molecule has 0 amide bonds. The number of hydrogen-bond donors (Lipinski definition) is 16. The number of aliphatic hydroxyl groups excluding tert-OH is 16. The first-order valence-corrected chi connectivity index (χ1v) is 62.4. The Kier molecular flexibility index (Phi) is 71.5. The van der Waals surface area contributed by atoms with E-state index in [1.54, 1.807) is 0 Å². The van der Waals surface area contributed by atoms with E-state index in [0.717, 1.165) is 0 Å². The molecule has 30 aliphatic heterocycles. The number of thioether (sulfide) groups is 8. The van der Waals surface area contributed by atoms with Crippen LogP contribution in [0.1, 0.15) is 0 Å². The number of rotatable bonds is 40. The molecule has 56 nitrogen and oxygen atoms in total. The summed E-state index contributed by atoms with van der Waals surface area (Å²) in [6.45, 7) is 0. The fourth-order valence-electron chi connectivity index (χ4n) is 14.7. The van der Waals surface area contributed by atoms with E-state index in [1.807, 2.05) is 0 Å². The van der Waals surface area contributed by atoms with E-state index in [1.165, 1.54) is 0 Å². The Morgan fingerprint density at radius 2 is 0.236 bits per heavy atom. The molecule has 0 aliphatic carbocycles. The van der Waals surface area contributed by atoms with Crippen LogP contribution in [0.3, 0.4) is 0 Å². The Morgan fingerprint density at radius 1 is 0.153 bits per heavy atom. The Morgan fingerprint density at radius 3 is 0.312 bits per heavy atom. The van der Waals surface area contributed by atoms with Gasteiger partial charge in [-0.2, -0.15) is 94.1 Å². The molecule has 144 heavy (non-hydrogen) atoms. The maximum Gasteiger partial charge on any atom is 1.00 e. The van der Waals surface area contributed by atoms with Crippen LogP contribution in [0.25, 0.3) is 0 Å². The molecule has 0 spiro atoms. The van der Waals surface area contributed by atoms with Crippen LogP contribution >= 0.6 is 94.1 Å². The van der Waals surface area contributed by atoms with Crippen LogP contribution in [0.15, 0.2) is 0 Å². The molecule has 30 aliphatic rings. The second-order valence-electron chi connectivity index (χ2n) is 31.7. The van der Waals surface area contributed by atoms with Gasteiger partial charge in [-0.3, -0.25) is 0 Å².